The second-order valence-corrected chi connectivity index (χ2v) is 7.97. The number of methoxy groups -OCH3 is 1. The highest BCUT2D eigenvalue weighted by Gasteiger charge is 2.09. The van der Waals surface area contributed by atoms with E-state index in [1.54, 1.807) is 7.11 Å². The summed E-state index contributed by atoms with van der Waals surface area (Å²) < 4.78 is 5.44. The van der Waals surface area contributed by atoms with Gasteiger partial charge in [-0.05, 0) is 56.2 Å². The molecule has 5 rings (SSSR count). The van der Waals surface area contributed by atoms with Crippen molar-refractivity contribution in [2.24, 2.45) is 0 Å². The quantitative estimate of drug-likeness (QED) is 0.277. The molecule has 0 radical (unpaired) electrons. The van der Waals surface area contributed by atoms with Crippen LogP contribution in [0.4, 0.5) is 17.5 Å². The van der Waals surface area contributed by atoms with Crippen LogP contribution in [0.3, 0.4) is 0 Å². The molecule has 3 aromatic heterocycles. The summed E-state index contributed by atoms with van der Waals surface area (Å²) >= 11 is 0. The molecule has 7 nitrogen and oxygen atoms in total. The van der Waals surface area contributed by atoms with Crippen LogP contribution in [0.1, 0.15) is 17.0 Å². The zero-order chi connectivity index (χ0) is 22.1. The van der Waals surface area contributed by atoms with Crippen molar-refractivity contribution < 1.29 is 4.74 Å². The number of rotatable bonds is 7. The van der Waals surface area contributed by atoms with E-state index in [2.05, 4.69) is 61.8 Å². The van der Waals surface area contributed by atoms with Gasteiger partial charge in [0, 0.05) is 52.2 Å². The van der Waals surface area contributed by atoms with Crippen LogP contribution in [0.15, 0.2) is 54.7 Å². The van der Waals surface area contributed by atoms with E-state index in [9.17, 15) is 0 Å². The lowest BCUT2D eigenvalue weighted by Crippen LogP contribution is -2.09. The molecule has 0 amide bonds. The van der Waals surface area contributed by atoms with Crippen molar-refractivity contribution in [2.45, 2.75) is 20.3 Å². The van der Waals surface area contributed by atoms with Crippen LogP contribution in [0.5, 0.6) is 5.75 Å². The van der Waals surface area contributed by atoms with E-state index in [4.69, 9.17) is 4.74 Å². The molecule has 0 spiro atoms. The number of para-hydroxylation sites is 1. The Labute approximate surface area is 186 Å². The molecule has 0 unspecified atom stereocenters. The maximum Gasteiger partial charge on any atom is 0.224 e. The number of aromatic nitrogens is 4. The molecule has 0 bridgehead atoms. The van der Waals surface area contributed by atoms with Gasteiger partial charge in [0.05, 0.1) is 12.6 Å². The Kier molecular flexibility index (Phi) is 5.15. The Morgan fingerprint density at radius 2 is 1.94 bits per heavy atom. The normalized spacial score (nSPS) is 11.2. The molecule has 0 atom stereocenters. The Balaban J connectivity index is 1.28. The van der Waals surface area contributed by atoms with Gasteiger partial charge in [-0.3, -0.25) is 0 Å². The molecule has 0 saturated heterocycles. The molecular formula is C25H26N6O. The summed E-state index contributed by atoms with van der Waals surface area (Å²) in [6, 6.07) is 16.4. The third-order valence-corrected chi connectivity index (χ3v) is 5.54. The number of benzene rings is 2. The number of hydrogen-bond acceptors (Lipinski definition) is 5. The van der Waals surface area contributed by atoms with Crippen LogP contribution in [-0.2, 0) is 6.42 Å². The van der Waals surface area contributed by atoms with Crippen molar-refractivity contribution in [3.05, 3.63) is 71.7 Å². The van der Waals surface area contributed by atoms with Gasteiger partial charge in [-0.15, -0.1) is 0 Å². The molecule has 32 heavy (non-hydrogen) atoms. The molecule has 5 aromatic rings. The Morgan fingerprint density at radius 1 is 1.03 bits per heavy atom. The van der Waals surface area contributed by atoms with Crippen LogP contribution in [-0.4, -0.2) is 33.6 Å². The standard InChI is InChI=1S/C25H26N6O/c1-15-11-18-13-19(7-8-21(18)28-15)30-23-12-16(2)29-25(31-23)26-10-9-17-14-27-24-20(17)5-4-6-22(24)32-3/h4-8,11-14,27-28H,9-10H2,1-3H3,(H2,26,29,30,31). The van der Waals surface area contributed by atoms with Gasteiger partial charge >= 0.3 is 0 Å². The summed E-state index contributed by atoms with van der Waals surface area (Å²) in [5.41, 5.74) is 6.43. The third-order valence-electron chi connectivity index (χ3n) is 5.54. The zero-order valence-corrected chi connectivity index (χ0v) is 18.4. The number of nitrogens with one attached hydrogen (secondary N) is 4. The molecule has 162 valence electrons. The predicted octanol–water partition coefficient (Wildman–Crippen LogP) is 5.46. The number of aromatic amines is 2. The summed E-state index contributed by atoms with van der Waals surface area (Å²) in [5, 5.41) is 9.12. The molecule has 0 aliphatic heterocycles. The van der Waals surface area contributed by atoms with E-state index >= 15 is 0 Å². The van der Waals surface area contributed by atoms with Crippen molar-refractivity contribution in [1.82, 2.24) is 19.9 Å². The average molecular weight is 427 g/mol. The highest BCUT2D eigenvalue weighted by molar-refractivity contribution is 5.88. The fraction of sp³-hybridized carbons (Fsp3) is 0.200. The van der Waals surface area contributed by atoms with Crippen molar-refractivity contribution in [3.8, 4) is 5.75 Å². The summed E-state index contributed by atoms with van der Waals surface area (Å²) in [6.45, 7) is 4.76. The number of aryl methyl sites for hydroxylation is 2. The van der Waals surface area contributed by atoms with Crippen LogP contribution in [0.2, 0.25) is 0 Å². The lowest BCUT2D eigenvalue weighted by atomic mass is 10.1. The fourth-order valence-corrected chi connectivity index (χ4v) is 4.09. The van der Waals surface area contributed by atoms with Gasteiger partial charge < -0.3 is 25.3 Å². The number of nitrogens with zero attached hydrogens (tertiary/aromatic N) is 2. The van der Waals surface area contributed by atoms with Crippen LogP contribution in [0, 0.1) is 13.8 Å². The number of hydrogen-bond donors (Lipinski definition) is 4. The van der Waals surface area contributed by atoms with Gasteiger partial charge in [-0.25, -0.2) is 4.98 Å². The topological polar surface area (TPSA) is 90.7 Å². The first-order valence-corrected chi connectivity index (χ1v) is 10.7. The number of anilines is 3. The molecular weight excluding hydrogens is 400 g/mol. The Morgan fingerprint density at radius 3 is 2.81 bits per heavy atom. The molecule has 0 aliphatic rings. The monoisotopic (exact) mass is 426 g/mol. The van der Waals surface area contributed by atoms with Crippen molar-refractivity contribution in [3.63, 3.8) is 0 Å². The van der Waals surface area contributed by atoms with Crippen molar-refractivity contribution in [2.75, 3.05) is 24.3 Å². The first-order chi connectivity index (χ1) is 15.6. The average Bonchev–Trinajstić information content (AvgIpc) is 3.35. The second kappa shape index (κ2) is 8.26. The van der Waals surface area contributed by atoms with Gasteiger partial charge in [-0.1, -0.05) is 12.1 Å². The van der Waals surface area contributed by atoms with Crippen molar-refractivity contribution >= 4 is 39.3 Å². The molecule has 0 aliphatic carbocycles. The highest BCUT2D eigenvalue weighted by atomic mass is 16.5. The number of H-pyrrole nitrogens is 2. The number of fused-ring (bicyclic) bond motifs is 2. The molecule has 4 N–H and O–H groups in total. The second-order valence-electron chi connectivity index (χ2n) is 7.97. The maximum atomic E-state index is 5.44. The van der Waals surface area contributed by atoms with Gasteiger partial charge in [-0.2, -0.15) is 4.98 Å². The molecule has 7 heteroatoms. The van der Waals surface area contributed by atoms with Gasteiger partial charge in [0.15, 0.2) is 0 Å². The maximum absolute atomic E-state index is 5.44. The van der Waals surface area contributed by atoms with E-state index in [-0.39, 0.29) is 0 Å². The Hall–Kier alpha value is -4.00. The van der Waals surface area contributed by atoms with Crippen molar-refractivity contribution in [1.29, 1.82) is 0 Å². The van der Waals surface area contributed by atoms with Gasteiger partial charge in [0.2, 0.25) is 5.95 Å². The smallest absolute Gasteiger partial charge is 0.224 e. The number of ether oxygens (including phenoxy) is 1. The first-order valence-electron chi connectivity index (χ1n) is 10.7. The lowest BCUT2D eigenvalue weighted by molar-refractivity contribution is 0.419. The third kappa shape index (κ3) is 3.97. The van der Waals surface area contributed by atoms with E-state index < -0.39 is 0 Å². The van der Waals surface area contributed by atoms with Gasteiger partial charge in [0.1, 0.15) is 11.6 Å². The zero-order valence-electron chi connectivity index (χ0n) is 18.4. The largest absolute Gasteiger partial charge is 0.495 e. The van der Waals surface area contributed by atoms with Crippen LogP contribution < -0.4 is 15.4 Å². The molecule has 0 saturated carbocycles. The predicted molar refractivity (Wildman–Crippen MR) is 130 cm³/mol. The van der Waals surface area contributed by atoms with E-state index in [0.717, 1.165) is 52.6 Å². The van der Waals surface area contributed by atoms with Crippen LogP contribution >= 0.6 is 0 Å². The highest BCUT2D eigenvalue weighted by Crippen LogP contribution is 2.27. The minimum absolute atomic E-state index is 0.614. The fourth-order valence-electron chi connectivity index (χ4n) is 4.09. The first kappa shape index (κ1) is 19.9. The van der Waals surface area contributed by atoms with E-state index in [1.165, 1.54) is 16.3 Å². The minimum atomic E-state index is 0.614. The molecule has 2 aromatic carbocycles. The SMILES string of the molecule is COc1cccc2c(CCNc3nc(C)cc(Nc4ccc5[nH]c(C)cc5c4)n3)c[nH]c12. The summed E-state index contributed by atoms with van der Waals surface area (Å²) in [6.07, 6.45) is 2.88. The molecule has 3 heterocycles. The summed E-state index contributed by atoms with van der Waals surface area (Å²) in [7, 11) is 1.69. The van der Waals surface area contributed by atoms with Crippen LogP contribution in [0.25, 0.3) is 21.8 Å². The van der Waals surface area contributed by atoms with Gasteiger partial charge in [0.25, 0.3) is 0 Å². The van der Waals surface area contributed by atoms with E-state index in [0.29, 0.717) is 5.95 Å². The summed E-state index contributed by atoms with van der Waals surface area (Å²) in [5.74, 6) is 2.24. The summed E-state index contributed by atoms with van der Waals surface area (Å²) in [4.78, 5) is 15.9. The molecule has 0 fully saturated rings. The Bertz CT molecular complexity index is 1400. The van der Waals surface area contributed by atoms with E-state index in [1.807, 2.05) is 37.4 Å². The lowest BCUT2D eigenvalue weighted by Gasteiger charge is -2.10. The minimum Gasteiger partial charge on any atom is -0.495 e.